The van der Waals surface area contributed by atoms with Gasteiger partial charge in [0.2, 0.25) is 0 Å². The van der Waals surface area contributed by atoms with Gasteiger partial charge in [0.15, 0.2) is 0 Å². The second kappa shape index (κ2) is 6.59. The Morgan fingerprint density at radius 1 is 0.950 bits per heavy atom. The smallest absolute Gasteiger partial charge is 0.141 e. The molecule has 3 rings (SSSR count). The largest absolute Gasteiger partial charge is 0.340 e. The lowest BCUT2D eigenvalue weighted by Crippen LogP contribution is -1.95. The van der Waals surface area contributed by atoms with Crippen molar-refractivity contribution in [2.24, 2.45) is 0 Å². The molecule has 0 aliphatic carbocycles. The SMILES string of the molecule is CSc1ccc(Nc2ncnc3ccccc23)cc1.Cl. The van der Waals surface area contributed by atoms with Gasteiger partial charge in [0.1, 0.15) is 12.1 Å². The summed E-state index contributed by atoms with van der Waals surface area (Å²) in [5, 5.41) is 4.36. The Morgan fingerprint density at radius 3 is 2.45 bits per heavy atom. The summed E-state index contributed by atoms with van der Waals surface area (Å²) in [6.07, 6.45) is 3.65. The van der Waals surface area contributed by atoms with Crippen LogP contribution in [0.15, 0.2) is 59.8 Å². The topological polar surface area (TPSA) is 37.8 Å². The molecule has 1 N–H and O–H groups in total. The number of nitrogens with one attached hydrogen (secondary N) is 1. The van der Waals surface area contributed by atoms with Crippen LogP contribution in [0.1, 0.15) is 0 Å². The third-order valence-corrected chi connectivity index (χ3v) is 3.64. The van der Waals surface area contributed by atoms with Gasteiger partial charge < -0.3 is 5.32 Å². The minimum absolute atomic E-state index is 0. The number of nitrogens with zero attached hydrogens (tertiary/aromatic N) is 2. The van der Waals surface area contributed by atoms with Crippen LogP contribution in [0.25, 0.3) is 10.9 Å². The summed E-state index contributed by atoms with van der Waals surface area (Å²) in [4.78, 5) is 9.82. The highest BCUT2D eigenvalue weighted by molar-refractivity contribution is 7.98. The van der Waals surface area contributed by atoms with Crippen molar-refractivity contribution in [3.05, 3.63) is 54.9 Å². The molecule has 5 heteroatoms. The maximum Gasteiger partial charge on any atom is 0.141 e. The first kappa shape index (κ1) is 14.6. The summed E-state index contributed by atoms with van der Waals surface area (Å²) in [6.45, 7) is 0. The number of fused-ring (bicyclic) bond motifs is 1. The van der Waals surface area contributed by atoms with E-state index in [1.54, 1.807) is 18.1 Å². The van der Waals surface area contributed by atoms with Gasteiger partial charge in [0, 0.05) is 16.0 Å². The Morgan fingerprint density at radius 2 is 1.70 bits per heavy atom. The first-order chi connectivity index (χ1) is 9.36. The van der Waals surface area contributed by atoms with Crippen molar-refractivity contribution in [1.29, 1.82) is 0 Å². The van der Waals surface area contributed by atoms with Crippen LogP contribution < -0.4 is 5.32 Å². The van der Waals surface area contributed by atoms with Gasteiger partial charge in [-0.3, -0.25) is 0 Å². The first-order valence-electron chi connectivity index (χ1n) is 5.97. The maximum atomic E-state index is 4.32. The van der Waals surface area contributed by atoms with E-state index in [1.807, 2.05) is 24.3 Å². The quantitative estimate of drug-likeness (QED) is 0.722. The third-order valence-electron chi connectivity index (χ3n) is 2.90. The Bertz CT molecular complexity index is 696. The van der Waals surface area contributed by atoms with E-state index in [0.717, 1.165) is 22.4 Å². The number of para-hydroxylation sites is 1. The van der Waals surface area contributed by atoms with E-state index in [1.165, 1.54) is 4.90 Å². The monoisotopic (exact) mass is 303 g/mol. The molecule has 1 heterocycles. The average Bonchev–Trinajstić information content (AvgIpc) is 2.48. The van der Waals surface area contributed by atoms with Gasteiger partial charge in [-0.05, 0) is 42.7 Å². The Balaban J connectivity index is 0.00000147. The van der Waals surface area contributed by atoms with Crippen LogP contribution in [-0.2, 0) is 0 Å². The molecule has 0 amide bonds. The van der Waals surface area contributed by atoms with Crippen LogP contribution in [0.4, 0.5) is 11.5 Å². The molecule has 3 nitrogen and oxygen atoms in total. The molecule has 0 aliphatic heterocycles. The zero-order valence-corrected chi connectivity index (χ0v) is 12.5. The Labute approximate surface area is 128 Å². The fourth-order valence-corrected chi connectivity index (χ4v) is 2.32. The molecule has 0 saturated carbocycles. The number of rotatable bonds is 3. The molecule has 0 aliphatic rings. The molecule has 102 valence electrons. The van der Waals surface area contributed by atoms with Crippen molar-refractivity contribution in [2.75, 3.05) is 11.6 Å². The highest BCUT2D eigenvalue weighted by Gasteiger charge is 2.03. The summed E-state index contributed by atoms with van der Waals surface area (Å²) in [7, 11) is 0. The molecular formula is C15H14ClN3S. The molecule has 0 saturated heterocycles. The third kappa shape index (κ3) is 3.03. The highest BCUT2D eigenvalue weighted by Crippen LogP contribution is 2.24. The zero-order valence-electron chi connectivity index (χ0n) is 10.9. The van der Waals surface area contributed by atoms with Crippen molar-refractivity contribution < 1.29 is 0 Å². The lowest BCUT2D eigenvalue weighted by molar-refractivity contribution is 1.22. The minimum Gasteiger partial charge on any atom is -0.340 e. The molecule has 0 radical (unpaired) electrons. The fourth-order valence-electron chi connectivity index (χ4n) is 1.92. The van der Waals surface area contributed by atoms with Gasteiger partial charge in [0.05, 0.1) is 5.52 Å². The van der Waals surface area contributed by atoms with E-state index in [-0.39, 0.29) is 12.4 Å². The van der Waals surface area contributed by atoms with Gasteiger partial charge in [-0.15, -0.1) is 24.2 Å². The van der Waals surface area contributed by atoms with Gasteiger partial charge in [-0.2, -0.15) is 0 Å². The molecule has 1 aromatic heterocycles. The van der Waals surface area contributed by atoms with E-state index in [4.69, 9.17) is 0 Å². The van der Waals surface area contributed by atoms with Gasteiger partial charge in [0.25, 0.3) is 0 Å². The van der Waals surface area contributed by atoms with Crippen LogP contribution in [0.3, 0.4) is 0 Å². The van der Waals surface area contributed by atoms with Crippen LogP contribution in [0, 0.1) is 0 Å². The van der Waals surface area contributed by atoms with Crippen molar-refractivity contribution in [3.63, 3.8) is 0 Å². The number of hydrogen-bond acceptors (Lipinski definition) is 4. The lowest BCUT2D eigenvalue weighted by atomic mass is 10.2. The molecule has 0 unspecified atom stereocenters. The van der Waals surface area contributed by atoms with Crippen LogP contribution in [-0.4, -0.2) is 16.2 Å². The normalized spacial score (nSPS) is 10.1. The molecule has 20 heavy (non-hydrogen) atoms. The second-order valence-corrected chi connectivity index (χ2v) is 4.97. The highest BCUT2D eigenvalue weighted by atomic mass is 35.5. The number of benzene rings is 2. The van der Waals surface area contributed by atoms with E-state index in [9.17, 15) is 0 Å². The molecule has 2 aromatic carbocycles. The van der Waals surface area contributed by atoms with Crippen LogP contribution in [0.5, 0.6) is 0 Å². The molecule has 0 atom stereocenters. The van der Waals surface area contributed by atoms with E-state index in [2.05, 4.69) is 45.8 Å². The molecule has 3 aromatic rings. The lowest BCUT2D eigenvalue weighted by Gasteiger charge is -2.08. The van der Waals surface area contributed by atoms with Gasteiger partial charge in [-0.25, -0.2) is 9.97 Å². The summed E-state index contributed by atoms with van der Waals surface area (Å²) < 4.78 is 0. The molecular weight excluding hydrogens is 290 g/mol. The van der Waals surface area contributed by atoms with E-state index in [0.29, 0.717) is 0 Å². The summed E-state index contributed by atoms with van der Waals surface area (Å²) in [5.41, 5.74) is 1.97. The average molecular weight is 304 g/mol. The number of halogens is 1. The van der Waals surface area contributed by atoms with E-state index < -0.39 is 0 Å². The van der Waals surface area contributed by atoms with Crippen LogP contribution in [0.2, 0.25) is 0 Å². The van der Waals surface area contributed by atoms with E-state index >= 15 is 0 Å². The maximum absolute atomic E-state index is 4.32. The number of hydrogen-bond donors (Lipinski definition) is 1. The number of aromatic nitrogens is 2. The Hall–Kier alpha value is -1.78. The van der Waals surface area contributed by atoms with Crippen molar-refractivity contribution in [1.82, 2.24) is 9.97 Å². The van der Waals surface area contributed by atoms with Crippen LogP contribution >= 0.6 is 24.2 Å². The number of thioether (sulfide) groups is 1. The minimum atomic E-state index is 0. The summed E-state index contributed by atoms with van der Waals surface area (Å²) >= 11 is 1.73. The van der Waals surface area contributed by atoms with Crippen molar-refractivity contribution in [3.8, 4) is 0 Å². The summed E-state index contributed by atoms with van der Waals surface area (Å²) in [5.74, 6) is 0.836. The Kier molecular flexibility index (Phi) is 4.82. The van der Waals surface area contributed by atoms with Gasteiger partial charge >= 0.3 is 0 Å². The fraction of sp³-hybridized carbons (Fsp3) is 0.0667. The molecule has 0 bridgehead atoms. The molecule has 0 spiro atoms. The predicted octanol–water partition coefficient (Wildman–Crippen LogP) is 4.52. The molecule has 0 fully saturated rings. The number of anilines is 2. The van der Waals surface area contributed by atoms with Crippen molar-refractivity contribution in [2.45, 2.75) is 4.90 Å². The van der Waals surface area contributed by atoms with Crippen molar-refractivity contribution >= 4 is 46.6 Å². The summed E-state index contributed by atoms with van der Waals surface area (Å²) in [6, 6.07) is 16.3. The predicted molar refractivity (Wildman–Crippen MR) is 88.3 cm³/mol. The van der Waals surface area contributed by atoms with Gasteiger partial charge in [-0.1, -0.05) is 12.1 Å². The second-order valence-electron chi connectivity index (χ2n) is 4.09. The standard InChI is InChI=1S/C15H13N3S.ClH/c1-19-12-8-6-11(7-9-12)18-15-13-4-2-3-5-14(13)16-10-17-15;/h2-10H,1H3,(H,16,17,18);1H. The zero-order chi connectivity index (χ0) is 13.1. The first-order valence-corrected chi connectivity index (χ1v) is 7.20.